The number of aliphatic hydroxyl groups is 1. The van der Waals surface area contributed by atoms with Crippen molar-refractivity contribution in [3.63, 3.8) is 0 Å². The maximum Gasteiger partial charge on any atom is 0.333 e. The molecule has 0 aromatic heterocycles. The lowest BCUT2D eigenvalue weighted by Gasteiger charge is -2.32. The Balaban J connectivity index is 1.29. The van der Waals surface area contributed by atoms with Gasteiger partial charge in [-0.15, -0.1) is 5.06 Å². The molecule has 1 aliphatic carbocycles. The first-order valence-electron chi connectivity index (χ1n) is 30.5. The molecule has 4 aromatic carbocycles. The van der Waals surface area contributed by atoms with Crippen LogP contribution >= 0.6 is 0 Å². The van der Waals surface area contributed by atoms with Crippen molar-refractivity contribution in [2.75, 3.05) is 130 Å². The van der Waals surface area contributed by atoms with Crippen LogP contribution in [0.3, 0.4) is 0 Å². The highest BCUT2D eigenvalue weighted by Crippen LogP contribution is 2.55. The maximum absolute atomic E-state index is 15.3. The van der Waals surface area contributed by atoms with E-state index in [1.54, 1.807) is 16.4 Å². The molecule has 2 unspecified atom stereocenters. The Morgan fingerprint density at radius 3 is 1.52 bits per heavy atom. The number of benzene rings is 4. The predicted molar refractivity (Wildman–Crippen MR) is 345 cm³/mol. The van der Waals surface area contributed by atoms with Gasteiger partial charge in [-0.1, -0.05) is 6.07 Å². The van der Waals surface area contributed by atoms with Crippen molar-refractivity contribution < 1.29 is 136 Å². The molecule has 8 rings (SSSR count). The second-order valence-corrected chi connectivity index (χ2v) is 30.5. The van der Waals surface area contributed by atoms with Gasteiger partial charge in [0.15, 0.2) is 12.3 Å². The Morgan fingerprint density at radius 1 is 0.561 bits per heavy atom. The van der Waals surface area contributed by atoms with Crippen LogP contribution in [0, 0.1) is 0 Å². The average Bonchev–Trinajstić information content (AvgIpc) is 1.53. The monoisotopic (exact) mass is 1470 g/mol. The van der Waals surface area contributed by atoms with Crippen LogP contribution in [-0.2, 0) is 123 Å². The molecule has 0 saturated carbocycles. The van der Waals surface area contributed by atoms with E-state index < -0.39 is 134 Å². The first-order chi connectivity index (χ1) is 46.1. The third kappa shape index (κ3) is 17.9. The average molecular weight is 1480 g/mol. The first kappa shape index (κ1) is 77.1. The number of carbonyl (C=O) groups is 4. The zero-order chi connectivity index (χ0) is 71.8. The number of hydrogen-bond donors (Lipinski definition) is 6. The maximum atomic E-state index is 15.3. The SMILES string of the molecule is COCCOCCOCCOCC[N+]1=C(/C=C2/C(=O)C(/C=C3/N(CCCC(=O)ON4C(=O)CCC4=O)c4ccc5c(S(=O)(=O)O)cc(S(=O)(=O)O)cc5c4C3(C)CCOCCOCCOCCOC)=C2O)C(C)(CCCS(=O)(=O)O)c2c1ccc1c(S(=O)(=O)O)cc(S(=O)(=O)O)cc21. The molecule has 37 heteroatoms. The molecule has 2 amide bonds. The molecule has 0 spiro atoms. The summed E-state index contributed by atoms with van der Waals surface area (Å²) in [5.74, 6) is -4.94. The predicted octanol–water partition coefficient (Wildman–Crippen LogP) is 4.16. The Labute approximate surface area is 565 Å². The molecule has 32 nitrogen and oxygen atoms in total. The fourth-order valence-corrected chi connectivity index (χ4v) is 15.4. The van der Waals surface area contributed by atoms with Crippen LogP contribution in [-0.4, -0.2) is 234 Å². The molecular formula is C61H76N3O29S5+. The number of rotatable bonds is 39. The van der Waals surface area contributed by atoms with E-state index in [1.807, 2.05) is 0 Å². The summed E-state index contributed by atoms with van der Waals surface area (Å²) in [5.41, 5.74) is -3.34. The summed E-state index contributed by atoms with van der Waals surface area (Å²) in [6.07, 6.45) is 0.734. The number of hydrogen-bond acceptors (Lipinski definition) is 25. The van der Waals surface area contributed by atoms with Gasteiger partial charge in [0.1, 0.15) is 22.2 Å². The highest BCUT2D eigenvalue weighted by atomic mass is 32.2. The summed E-state index contributed by atoms with van der Waals surface area (Å²) in [7, 11) is -22.7. The van der Waals surface area contributed by atoms with Crippen molar-refractivity contribution >= 4 is 113 Å². The molecule has 538 valence electrons. The van der Waals surface area contributed by atoms with E-state index in [0.29, 0.717) is 43.6 Å². The van der Waals surface area contributed by atoms with Crippen LogP contribution in [0.5, 0.6) is 0 Å². The number of Topliss-reactive ketones (excluding diaryl/α,β-unsaturated/α-hetero) is 1. The molecule has 3 heterocycles. The topological polar surface area (TPSA) is 453 Å². The molecule has 1 fully saturated rings. The lowest BCUT2D eigenvalue weighted by Crippen LogP contribution is -2.35. The zero-order valence-electron chi connectivity index (χ0n) is 53.7. The molecule has 6 N–H and O–H groups in total. The molecule has 4 aliphatic rings. The van der Waals surface area contributed by atoms with Crippen molar-refractivity contribution in [3.8, 4) is 0 Å². The van der Waals surface area contributed by atoms with E-state index in [1.165, 1.54) is 57.6 Å². The number of allylic oxidation sites excluding steroid dienone is 5. The largest absolute Gasteiger partial charge is 0.506 e. The van der Waals surface area contributed by atoms with E-state index in [2.05, 4.69) is 0 Å². The summed E-state index contributed by atoms with van der Waals surface area (Å²) in [4.78, 5) is 56.3. The van der Waals surface area contributed by atoms with Crippen LogP contribution in [0.15, 0.2) is 103 Å². The third-order valence-electron chi connectivity index (χ3n) is 16.8. The zero-order valence-corrected chi connectivity index (χ0v) is 57.8. The third-order valence-corrected chi connectivity index (χ3v) is 21.1. The standard InChI is InChI=1S/C61H75N3O29S5/c1-60(14-6-32-94(70,71)72)51(63(17-19-88-25-27-92-31-29-90-23-21-86-4)48-11-9-41-43(56(48)60)33-39(95(73,74)75)35-49(41)97(79,80)81)37-45-58(68)46(59(45)69)38-52-61(2,15-18-87-24-26-91-30-28-89-22-20-85-3)57-44-34-40(96(76,77)78)36-50(98(82,83)84)42(44)8-10-47(57)62(52)16-5-7-55(67)93-64-53(65)12-13-54(64)66/h8-11,33-38H,5-7,12-32H2,1-4H3,(H5-,68,69,70,71,72,73,74,75,76,77,78,79,80,81,82,83,84)/p+1. The Morgan fingerprint density at radius 2 is 1.04 bits per heavy atom. The second-order valence-electron chi connectivity index (χ2n) is 23.3. The van der Waals surface area contributed by atoms with Gasteiger partial charge in [-0.05, 0) is 98.3 Å². The van der Waals surface area contributed by atoms with Gasteiger partial charge in [0, 0.05) is 91.9 Å². The summed E-state index contributed by atoms with van der Waals surface area (Å²) in [6.45, 7) is 4.87. The fourth-order valence-electron chi connectivity index (χ4n) is 12.2. The number of hydroxylamine groups is 2. The lowest BCUT2D eigenvalue weighted by molar-refractivity contribution is -0.442. The highest BCUT2D eigenvalue weighted by molar-refractivity contribution is 7.87. The second kappa shape index (κ2) is 31.9. The minimum absolute atomic E-state index is 0.0120. The van der Waals surface area contributed by atoms with E-state index >= 15 is 4.79 Å². The van der Waals surface area contributed by atoms with Crippen LogP contribution in [0.25, 0.3) is 21.5 Å². The number of nitrogens with zero attached hydrogens (tertiary/aromatic N) is 3. The number of fused-ring (bicyclic) bond motifs is 6. The molecule has 0 radical (unpaired) electrons. The number of ketones is 1. The number of methoxy groups -OCH3 is 2. The Hall–Kier alpha value is -6.60. The van der Waals surface area contributed by atoms with E-state index in [9.17, 15) is 84.3 Å². The molecule has 2 atom stereocenters. The van der Waals surface area contributed by atoms with Crippen LogP contribution < -0.4 is 4.90 Å². The van der Waals surface area contributed by atoms with Crippen molar-refractivity contribution in [1.29, 1.82) is 0 Å². The quantitative estimate of drug-likeness (QED) is 0.0120. The smallest absolute Gasteiger partial charge is 0.333 e. The summed E-state index contributed by atoms with van der Waals surface area (Å²) < 4.78 is 226. The molecular weight excluding hydrogens is 1400 g/mol. The fraction of sp³-hybridized carbons (Fsp3) is 0.492. The van der Waals surface area contributed by atoms with Gasteiger partial charge in [0.2, 0.25) is 11.5 Å². The van der Waals surface area contributed by atoms with Crippen LogP contribution in [0.4, 0.5) is 11.4 Å². The Bertz CT molecular complexity index is 4480. The van der Waals surface area contributed by atoms with Gasteiger partial charge >= 0.3 is 5.97 Å². The number of carbonyl (C=O) groups excluding carboxylic acids is 4. The molecule has 4 aromatic rings. The van der Waals surface area contributed by atoms with Crippen LogP contribution in [0.2, 0.25) is 0 Å². The highest BCUT2D eigenvalue weighted by Gasteiger charge is 2.52. The van der Waals surface area contributed by atoms with Crippen molar-refractivity contribution in [2.24, 2.45) is 0 Å². The minimum Gasteiger partial charge on any atom is -0.506 e. The number of ether oxygens (including phenoxy) is 8. The van der Waals surface area contributed by atoms with Crippen LogP contribution in [0.1, 0.15) is 69.9 Å². The van der Waals surface area contributed by atoms with Gasteiger partial charge in [0.25, 0.3) is 62.4 Å². The molecule has 1 saturated heterocycles. The summed E-state index contributed by atoms with van der Waals surface area (Å²) in [5, 5.41) is 12.0. The van der Waals surface area contributed by atoms with Crippen molar-refractivity contribution in [3.05, 3.63) is 94.4 Å². The summed E-state index contributed by atoms with van der Waals surface area (Å²) >= 11 is 0. The number of amides is 2. The van der Waals surface area contributed by atoms with Gasteiger partial charge in [-0.2, -0.15) is 46.7 Å². The van der Waals surface area contributed by atoms with Gasteiger partial charge in [0.05, 0.1) is 111 Å². The number of anilines is 1. The normalized spacial score (nSPS) is 19.3. The van der Waals surface area contributed by atoms with E-state index in [-0.39, 0.29) is 173 Å². The van der Waals surface area contributed by atoms with Crippen molar-refractivity contribution in [2.45, 2.75) is 89.2 Å². The number of aliphatic hydroxyl groups excluding tert-OH is 1. The van der Waals surface area contributed by atoms with Crippen molar-refractivity contribution in [1.82, 2.24) is 5.06 Å². The van der Waals surface area contributed by atoms with Gasteiger partial charge < -0.3 is 52.7 Å². The van der Waals surface area contributed by atoms with E-state index in [4.69, 9.17) is 42.7 Å². The van der Waals surface area contributed by atoms with Gasteiger partial charge in [-0.3, -0.25) is 37.1 Å². The summed E-state index contributed by atoms with van der Waals surface area (Å²) in [6, 6.07) is 8.31. The number of imide groups is 1. The lowest BCUT2D eigenvalue weighted by atomic mass is 9.72. The molecule has 3 aliphatic heterocycles. The molecule has 98 heavy (non-hydrogen) atoms. The minimum atomic E-state index is -5.29. The van der Waals surface area contributed by atoms with Gasteiger partial charge in [-0.25, -0.2) is 4.79 Å². The first-order valence-corrected chi connectivity index (χ1v) is 37.9. The Kier molecular flexibility index (Phi) is 25.1. The van der Waals surface area contributed by atoms with E-state index in [0.717, 1.165) is 12.1 Å². The molecule has 0 bridgehead atoms.